The summed E-state index contributed by atoms with van der Waals surface area (Å²) in [5.41, 5.74) is -4.76. The molecule has 0 radical (unpaired) electrons. The van der Waals surface area contributed by atoms with E-state index in [1.165, 1.54) is 13.2 Å². The minimum atomic E-state index is -5.12. The Morgan fingerprint density at radius 1 is 1.04 bits per heavy atom. The summed E-state index contributed by atoms with van der Waals surface area (Å²) in [5, 5.41) is 14.2. The molecule has 1 heterocycles. The van der Waals surface area contributed by atoms with E-state index < -0.39 is 75.3 Å². The highest BCUT2D eigenvalue weighted by molar-refractivity contribution is 5.97. The summed E-state index contributed by atoms with van der Waals surface area (Å²) in [4.78, 5) is 41.0. The Bertz CT molecular complexity index is 1700. The standard InChI is InChI=1S/C29H25F5N4O7/c1-28(2,3)45-27(40)37(25-23(38(41)42)10-11-24(36-25)43-4)12-6-7-16-13-17(30)8-9-21(16)35-22-15-19(29(32,33)34)20(31)14-18(22)26(39)44-5/h8-11,13-15,35H,12H2,1-5H3. The maximum atomic E-state index is 14.3. The van der Waals surface area contributed by atoms with E-state index in [1.54, 1.807) is 20.8 Å². The van der Waals surface area contributed by atoms with E-state index in [9.17, 15) is 41.7 Å². The SMILES string of the molecule is COC(=O)c1cc(F)c(C(F)(F)F)cc1Nc1ccc(F)cc1C#CCN(C(=O)OC(C)(C)C)c1nc(OC)ccc1[N+](=O)[O-]. The van der Waals surface area contributed by atoms with Crippen molar-refractivity contribution in [3.8, 4) is 17.7 Å². The smallest absolute Gasteiger partial charge is 0.419 e. The number of ether oxygens (including phenoxy) is 3. The van der Waals surface area contributed by atoms with Gasteiger partial charge in [-0.1, -0.05) is 11.8 Å². The number of halogens is 5. The van der Waals surface area contributed by atoms with Crippen molar-refractivity contribution in [2.75, 3.05) is 31.0 Å². The molecular formula is C29H25F5N4O7. The average molecular weight is 637 g/mol. The Hall–Kier alpha value is -5.46. The predicted molar refractivity (Wildman–Crippen MR) is 150 cm³/mol. The number of anilines is 3. The number of nitro groups is 1. The van der Waals surface area contributed by atoms with E-state index >= 15 is 0 Å². The van der Waals surface area contributed by atoms with Crippen molar-refractivity contribution in [1.29, 1.82) is 0 Å². The molecule has 3 aromatic rings. The Kier molecular flexibility index (Phi) is 10.2. The third-order valence-electron chi connectivity index (χ3n) is 5.63. The van der Waals surface area contributed by atoms with Crippen molar-refractivity contribution >= 4 is 34.9 Å². The number of pyridine rings is 1. The zero-order valence-electron chi connectivity index (χ0n) is 24.3. The molecule has 0 aliphatic rings. The number of amides is 1. The first-order valence-corrected chi connectivity index (χ1v) is 12.7. The lowest BCUT2D eigenvalue weighted by molar-refractivity contribution is -0.384. The molecule has 45 heavy (non-hydrogen) atoms. The van der Waals surface area contributed by atoms with Gasteiger partial charge >= 0.3 is 23.9 Å². The van der Waals surface area contributed by atoms with E-state index in [0.717, 1.165) is 36.3 Å². The molecule has 0 bridgehead atoms. The molecule has 11 nitrogen and oxygen atoms in total. The van der Waals surface area contributed by atoms with Gasteiger partial charge < -0.3 is 19.5 Å². The zero-order valence-corrected chi connectivity index (χ0v) is 24.3. The molecule has 238 valence electrons. The summed E-state index contributed by atoms with van der Waals surface area (Å²) in [6, 6.07) is 5.88. The van der Waals surface area contributed by atoms with Gasteiger partial charge in [-0.15, -0.1) is 0 Å². The number of aromatic nitrogens is 1. The molecule has 0 fully saturated rings. The van der Waals surface area contributed by atoms with Gasteiger partial charge in [0.2, 0.25) is 11.7 Å². The van der Waals surface area contributed by atoms with Crippen molar-refractivity contribution in [2.24, 2.45) is 0 Å². The van der Waals surface area contributed by atoms with Crippen LogP contribution in [0, 0.1) is 33.6 Å². The Morgan fingerprint density at radius 2 is 1.73 bits per heavy atom. The van der Waals surface area contributed by atoms with Crippen LogP contribution < -0.4 is 15.0 Å². The second kappa shape index (κ2) is 13.5. The van der Waals surface area contributed by atoms with Crippen molar-refractivity contribution in [3.63, 3.8) is 0 Å². The van der Waals surface area contributed by atoms with Crippen LogP contribution in [0.2, 0.25) is 0 Å². The topological polar surface area (TPSA) is 133 Å². The zero-order chi connectivity index (χ0) is 33.7. The highest BCUT2D eigenvalue weighted by atomic mass is 19.4. The summed E-state index contributed by atoms with van der Waals surface area (Å²) >= 11 is 0. The van der Waals surface area contributed by atoms with Crippen molar-refractivity contribution < 1.29 is 50.7 Å². The van der Waals surface area contributed by atoms with Crippen LogP contribution in [0.25, 0.3) is 0 Å². The molecule has 1 aromatic heterocycles. The van der Waals surface area contributed by atoms with Gasteiger partial charge in [-0.2, -0.15) is 18.2 Å². The molecular weight excluding hydrogens is 611 g/mol. The number of hydrogen-bond acceptors (Lipinski definition) is 9. The third-order valence-corrected chi connectivity index (χ3v) is 5.63. The number of rotatable bonds is 7. The molecule has 0 atom stereocenters. The summed E-state index contributed by atoms with van der Waals surface area (Å²) in [7, 11) is 2.19. The van der Waals surface area contributed by atoms with Crippen LogP contribution in [0.15, 0.2) is 42.5 Å². The summed E-state index contributed by atoms with van der Waals surface area (Å²) < 4.78 is 83.8. The second-order valence-electron chi connectivity index (χ2n) is 10.0. The molecule has 1 N–H and O–H groups in total. The van der Waals surface area contributed by atoms with Crippen molar-refractivity contribution in [1.82, 2.24) is 4.98 Å². The van der Waals surface area contributed by atoms with Gasteiger partial charge in [-0.25, -0.2) is 23.3 Å². The minimum Gasteiger partial charge on any atom is -0.481 e. The fraction of sp³-hybridized carbons (Fsp3) is 0.276. The molecule has 0 spiro atoms. The second-order valence-corrected chi connectivity index (χ2v) is 10.0. The quantitative estimate of drug-likeness (QED) is 0.0999. The number of hydrogen-bond donors (Lipinski definition) is 1. The number of carbonyl (C=O) groups is 2. The maximum Gasteiger partial charge on any atom is 0.419 e. The Balaban J connectivity index is 2.11. The average Bonchev–Trinajstić information content (AvgIpc) is 2.94. The highest BCUT2D eigenvalue weighted by Crippen LogP contribution is 2.36. The molecule has 2 aromatic carbocycles. The number of carbonyl (C=O) groups excluding carboxylic acids is 2. The van der Waals surface area contributed by atoms with Crippen molar-refractivity contribution in [3.05, 3.63) is 80.9 Å². The number of benzene rings is 2. The lowest BCUT2D eigenvalue weighted by Crippen LogP contribution is -2.38. The van der Waals surface area contributed by atoms with Crippen LogP contribution in [0.3, 0.4) is 0 Å². The van der Waals surface area contributed by atoms with Crippen LogP contribution in [-0.2, 0) is 15.7 Å². The molecule has 0 aliphatic heterocycles. The van der Waals surface area contributed by atoms with Crippen LogP contribution in [0.5, 0.6) is 5.88 Å². The van der Waals surface area contributed by atoms with Gasteiger partial charge in [0.05, 0.1) is 53.8 Å². The molecule has 16 heteroatoms. The van der Waals surface area contributed by atoms with Gasteiger partial charge in [0, 0.05) is 12.1 Å². The van der Waals surface area contributed by atoms with E-state index in [0.29, 0.717) is 12.1 Å². The lowest BCUT2D eigenvalue weighted by Gasteiger charge is -2.25. The largest absolute Gasteiger partial charge is 0.481 e. The van der Waals surface area contributed by atoms with Crippen molar-refractivity contribution in [2.45, 2.75) is 32.5 Å². The van der Waals surface area contributed by atoms with E-state index in [4.69, 9.17) is 9.47 Å². The van der Waals surface area contributed by atoms with E-state index in [-0.39, 0.29) is 17.1 Å². The summed E-state index contributed by atoms with van der Waals surface area (Å²) in [6.07, 6.45) is -6.20. The molecule has 3 rings (SSSR count). The fourth-order valence-corrected chi connectivity index (χ4v) is 3.68. The fourth-order valence-electron chi connectivity index (χ4n) is 3.68. The molecule has 0 saturated heterocycles. The summed E-state index contributed by atoms with van der Waals surface area (Å²) in [5.74, 6) is 0.831. The van der Waals surface area contributed by atoms with Crippen LogP contribution >= 0.6 is 0 Å². The molecule has 0 aliphatic carbocycles. The first kappa shape index (κ1) is 34.0. The lowest BCUT2D eigenvalue weighted by atomic mass is 10.1. The van der Waals surface area contributed by atoms with Crippen LogP contribution in [-0.4, -0.2) is 48.3 Å². The molecule has 0 unspecified atom stereocenters. The Morgan fingerprint density at radius 3 is 2.31 bits per heavy atom. The van der Waals surface area contributed by atoms with E-state index in [1.807, 2.05) is 0 Å². The van der Waals surface area contributed by atoms with Gasteiger partial charge in [0.25, 0.3) is 0 Å². The van der Waals surface area contributed by atoms with Gasteiger partial charge in [-0.3, -0.25) is 10.1 Å². The monoisotopic (exact) mass is 636 g/mol. The Labute approximate surface area is 253 Å². The molecule has 0 saturated carbocycles. The van der Waals surface area contributed by atoms with Gasteiger partial charge in [0.15, 0.2) is 0 Å². The normalized spacial score (nSPS) is 11.2. The first-order valence-electron chi connectivity index (χ1n) is 12.7. The minimum absolute atomic E-state index is 0.0762. The number of methoxy groups -OCH3 is 2. The first-order chi connectivity index (χ1) is 20.9. The predicted octanol–water partition coefficient (Wildman–Crippen LogP) is 6.62. The number of alkyl halides is 3. The van der Waals surface area contributed by atoms with Gasteiger partial charge in [0.1, 0.15) is 17.2 Å². The van der Waals surface area contributed by atoms with Crippen LogP contribution in [0.1, 0.15) is 42.3 Å². The third kappa shape index (κ3) is 8.56. The maximum absolute atomic E-state index is 14.3. The highest BCUT2D eigenvalue weighted by Gasteiger charge is 2.36. The van der Waals surface area contributed by atoms with Crippen LogP contribution in [0.4, 0.5) is 49.6 Å². The van der Waals surface area contributed by atoms with E-state index in [2.05, 4.69) is 26.9 Å². The number of esters is 1. The number of nitrogens with one attached hydrogen (secondary N) is 1. The number of nitrogens with zero attached hydrogens (tertiary/aromatic N) is 3. The van der Waals surface area contributed by atoms with Gasteiger partial charge in [-0.05, 0) is 51.1 Å². The summed E-state index contributed by atoms with van der Waals surface area (Å²) in [6.45, 7) is 4.05. The molecule has 1 amide bonds.